The summed E-state index contributed by atoms with van der Waals surface area (Å²) in [5.41, 5.74) is 1.59. The van der Waals surface area contributed by atoms with E-state index in [1.807, 2.05) is 6.07 Å². The van der Waals surface area contributed by atoms with Crippen LogP contribution in [-0.2, 0) is 11.4 Å². The van der Waals surface area contributed by atoms with E-state index in [0.717, 1.165) is 11.1 Å². The molecule has 1 heterocycles. The zero-order chi connectivity index (χ0) is 21.0. The van der Waals surface area contributed by atoms with Gasteiger partial charge in [-0.15, -0.1) is 6.58 Å². The Morgan fingerprint density at radius 3 is 2.69 bits per heavy atom. The number of amides is 1. The van der Waals surface area contributed by atoms with Gasteiger partial charge >= 0.3 is 0 Å². The minimum Gasteiger partial charge on any atom is -0.493 e. The topological polar surface area (TPSA) is 38.8 Å². The molecule has 29 heavy (non-hydrogen) atoms. The van der Waals surface area contributed by atoms with Crippen LogP contribution in [0.25, 0.3) is 6.08 Å². The quantitative estimate of drug-likeness (QED) is 0.286. The Hall–Kier alpha value is -2.16. The second-order valence-electron chi connectivity index (χ2n) is 6.03. The van der Waals surface area contributed by atoms with E-state index in [4.69, 9.17) is 21.7 Å². The van der Waals surface area contributed by atoms with E-state index in [0.29, 0.717) is 31.7 Å². The van der Waals surface area contributed by atoms with Crippen LogP contribution in [0.1, 0.15) is 11.1 Å². The number of ether oxygens (including phenoxy) is 2. The molecular formula is C21H17BrFNO3S2. The van der Waals surface area contributed by atoms with E-state index < -0.39 is 0 Å². The molecule has 8 heteroatoms. The molecule has 0 unspecified atom stereocenters. The predicted octanol–water partition coefficient (Wildman–Crippen LogP) is 5.56. The molecule has 4 nitrogen and oxygen atoms in total. The van der Waals surface area contributed by atoms with Crippen LogP contribution in [0.5, 0.6) is 11.5 Å². The highest BCUT2D eigenvalue weighted by Crippen LogP contribution is 2.39. The Bertz CT molecular complexity index is 992. The van der Waals surface area contributed by atoms with Gasteiger partial charge in [0.05, 0.1) is 16.5 Å². The summed E-state index contributed by atoms with van der Waals surface area (Å²) in [6.45, 7) is 4.29. The van der Waals surface area contributed by atoms with Crippen molar-refractivity contribution in [1.29, 1.82) is 0 Å². The maximum absolute atomic E-state index is 13.0. The molecular weight excluding hydrogens is 477 g/mol. The Balaban J connectivity index is 1.83. The largest absolute Gasteiger partial charge is 0.493 e. The smallest absolute Gasteiger partial charge is 0.266 e. The molecule has 0 atom stereocenters. The van der Waals surface area contributed by atoms with Crippen LogP contribution in [-0.4, -0.2) is 28.8 Å². The molecule has 0 N–H and O–H groups in total. The summed E-state index contributed by atoms with van der Waals surface area (Å²) in [6, 6.07) is 9.71. The highest BCUT2D eigenvalue weighted by Gasteiger charge is 2.31. The number of halogens is 2. The van der Waals surface area contributed by atoms with E-state index in [1.165, 1.54) is 28.8 Å². The summed E-state index contributed by atoms with van der Waals surface area (Å²) in [7, 11) is 1.54. The van der Waals surface area contributed by atoms with Gasteiger partial charge in [-0.25, -0.2) is 4.39 Å². The average molecular weight is 494 g/mol. The van der Waals surface area contributed by atoms with Crippen LogP contribution in [0, 0.1) is 5.82 Å². The minimum absolute atomic E-state index is 0.147. The van der Waals surface area contributed by atoms with Crippen LogP contribution >= 0.6 is 39.9 Å². The average Bonchev–Trinajstić information content (AvgIpc) is 2.96. The van der Waals surface area contributed by atoms with E-state index in [2.05, 4.69) is 22.5 Å². The summed E-state index contributed by atoms with van der Waals surface area (Å²) >= 11 is 10.0. The first-order chi connectivity index (χ1) is 13.9. The van der Waals surface area contributed by atoms with Crippen molar-refractivity contribution < 1.29 is 18.7 Å². The predicted molar refractivity (Wildman–Crippen MR) is 122 cm³/mol. The maximum atomic E-state index is 13.0. The lowest BCUT2D eigenvalue weighted by Gasteiger charge is -2.14. The summed E-state index contributed by atoms with van der Waals surface area (Å²) in [5.74, 6) is 0.587. The zero-order valence-electron chi connectivity index (χ0n) is 15.5. The summed E-state index contributed by atoms with van der Waals surface area (Å²) in [4.78, 5) is 14.5. The van der Waals surface area contributed by atoms with Crippen molar-refractivity contribution in [2.75, 3.05) is 13.7 Å². The molecule has 1 aliphatic heterocycles. The molecule has 0 spiro atoms. The fourth-order valence-electron chi connectivity index (χ4n) is 2.64. The Labute approximate surface area is 186 Å². The van der Waals surface area contributed by atoms with Crippen LogP contribution in [0.15, 0.2) is 58.4 Å². The van der Waals surface area contributed by atoms with Gasteiger partial charge < -0.3 is 9.47 Å². The first-order valence-electron chi connectivity index (χ1n) is 8.54. The van der Waals surface area contributed by atoms with Crippen LogP contribution in [0.4, 0.5) is 4.39 Å². The van der Waals surface area contributed by atoms with E-state index in [9.17, 15) is 9.18 Å². The number of nitrogens with zero attached hydrogens (tertiary/aromatic N) is 1. The zero-order valence-corrected chi connectivity index (χ0v) is 18.7. The van der Waals surface area contributed by atoms with Crippen molar-refractivity contribution in [2.24, 2.45) is 0 Å². The van der Waals surface area contributed by atoms with Gasteiger partial charge in [0, 0.05) is 6.54 Å². The van der Waals surface area contributed by atoms with Crippen LogP contribution in [0.2, 0.25) is 0 Å². The molecule has 2 aromatic carbocycles. The fourth-order valence-corrected chi connectivity index (χ4v) is 4.49. The Morgan fingerprint density at radius 2 is 2.03 bits per heavy atom. The lowest BCUT2D eigenvalue weighted by Crippen LogP contribution is -2.27. The summed E-state index contributed by atoms with van der Waals surface area (Å²) < 4.78 is 25.6. The third kappa shape index (κ3) is 5.07. The normalized spacial score (nSPS) is 15.1. The van der Waals surface area contributed by atoms with Crippen molar-refractivity contribution in [3.63, 3.8) is 0 Å². The third-order valence-electron chi connectivity index (χ3n) is 4.03. The van der Waals surface area contributed by atoms with Gasteiger partial charge in [-0.2, -0.15) is 0 Å². The lowest BCUT2D eigenvalue weighted by molar-refractivity contribution is -0.121. The molecule has 1 amide bonds. The summed E-state index contributed by atoms with van der Waals surface area (Å²) in [5, 5.41) is 0. The molecule has 1 fully saturated rings. The lowest BCUT2D eigenvalue weighted by atomic mass is 10.1. The highest BCUT2D eigenvalue weighted by atomic mass is 79.9. The molecule has 3 rings (SSSR count). The van der Waals surface area contributed by atoms with Gasteiger partial charge in [0.25, 0.3) is 5.91 Å². The number of carbonyl (C=O) groups excluding carboxylic acids is 1. The molecule has 0 saturated carbocycles. The number of rotatable bonds is 7. The first kappa shape index (κ1) is 21.5. The van der Waals surface area contributed by atoms with E-state index in [1.54, 1.807) is 37.5 Å². The second-order valence-corrected chi connectivity index (χ2v) is 8.56. The van der Waals surface area contributed by atoms with Gasteiger partial charge in [-0.1, -0.05) is 42.2 Å². The van der Waals surface area contributed by atoms with E-state index in [-0.39, 0.29) is 18.3 Å². The molecule has 0 radical (unpaired) electrons. The van der Waals surface area contributed by atoms with Gasteiger partial charge in [0.15, 0.2) is 11.5 Å². The van der Waals surface area contributed by atoms with Crippen molar-refractivity contribution in [3.8, 4) is 11.5 Å². The van der Waals surface area contributed by atoms with E-state index >= 15 is 0 Å². The number of benzene rings is 2. The monoisotopic (exact) mass is 493 g/mol. The number of methoxy groups -OCH3 is 1. The first-order valence-corrected chi connectivity index (χ1v) is 10.6. The standard InChI is InChI=1S/C21H17BrFNO3S2/c1-3-8-24-20(25)18(29-21(24)28)11-14-9-16(22)19(17(10-14)26-2)27-12-13-4-6-15(23)7-5-13/h3-7,9-11H,1,8,12H2,2H3/b18-11-. The maximum Gasteiger partial charge on any atom is 0.266 e. The van der Waals surface area contributed by atoms with Crippen molar-refractivity contribution in [1.82, 2.24) is 4.90 Å². The van der Waals surface area contributed by atoms with Gasteiger partial charge in [-0.3, -0.25) is 9.69 Å². The summed E-state index contributed by atoms with van der Waals surface area (Å²) in [6.07, 6.45) is 3.40. The Kier molecular flexibility index (Phi) is 7.10. The molecule has 0 bridgehead atoms. The SMILES string of the molecule is C=CCN1C(=O)/C(=C/c2cc(Br)c(OCc3ccc(F)cc3)c(OC)c2)SC1=S. The molecule has 1 aliphatic rings. The molecule has 150 valence electrons. The number of thiocarbonyl (C=S) groups is 1. The number of thioether (sulfide) groups is 1. The number of hydrogen-bond acceptors (Lipinski definition) is 5. The third-order valence-corrected chi connectivity index (χ3v) is 6.00. The number of hydrogen-bond donors (Lipinski definition) is 0. The van der Waals surface area contributed by atoms with Crippen LogP contribution in [0.3, 0.4) is 0 Å². The minimum atomic E-state index is -0.296. The van der Waals surface area contributed by atoms with Gasteiger partial charge in [0.1, 0.15) is 16.7 Å². The second kappa shape index (κ2) is 9.56. The van der Waals surface area contributed by atoms with Crippen molar-refractivity contribution in [3.05, 3.63) is 75.4 Å². The Morgan fingerprint density at radius 1 is 1.31 bits per heavy atom. The van der Waals surface area contributed by atoms with Crippen molar-refractivity contribution >= 4 is 56.2 Å². The molecule has 0 aliphatic carbocycles. The van der Waals surface area contributed by atoms with Gasteiger partial charge in [0.2, 0.25) is 0 Å². The fraction of sp³-hybridized carbons (Fsp3) is 0.143. The van der Waals surface area contributed by atoms with Crippen molar-refractivity contribution in [2.45, 2.75) is 6.61 Å². The highest BCUT2D eigenvalue weighted by molar-refractivity contribution is 9.10. The molecule has 0 aromatic heterocycles. The van der Waals surface area contributed by atoms with Gasteiger partial charge in [-0.05, 0) is 57.4 Å². The molecule has 2 aromatic rings. The molecule has 1 saturated heterocycles. The number of carbonyl (C=O) groups is 1. The van der Waals surface area contributed by atoms with Crippen LogP contribution < -0.4 is 9.47 Å².